The third kappa shape index (κ3) is 1.37. The molecule has 24 aliphatic carbocycles. The zero-order valence-electron chi connectivity index (χ0n) is 29.4. The van der Waals surface area contributed by atoms with Crippen LogP contribution in [0, 0.1) is 272 Å². The molecular weight excluding hydrogens is 601 g/mol. The predicted molar refractivity (Wildman–Crippen MR) is 179 cm³/mol. The fraction of sp³-hybridized carbons (Fsp3) is 1.00. The molecule has 0 N–H and O–H groups in total. The van der Waals surface area contributed by atoms with E-state index in [1.165, 1.54) is 272 Å². The lowest BCUT2D eigenvalue weighted by Gasteiger charge is -3.01. The second-order valence-electron chi connectivity index (χ2n) is 28.1. The van der Waals surface area contributed by atoms with E-state index in [1.54, 1.807) is 25.7 Å². The van der Waals surface area contributed by atoms with Crippen LogP contribution in [0.1, 0.15) is 25.7 Å². The molecule has 0 radical (unpaired) electrons. The summed E-state index contributed by atoms with van der Waals surface area (Å²) < 4.78 is 0. The third-order valence-corrected chi connectivity index (χ3v) is 31.9. The van der Waals surface area contributed by atoms with Gasteiger partial charge in [-0.15, -0.1) is 0 Å². The van der Waals surface area contributed by atoms with Gasteiger partial charge < -0.3 is 0 Å². The maximum absolute atomic E-state index is 1.66. The van der Waals surface area contributed by atoms with E-state index in [4.69, 9.17) is 0 Å². The predicted octanol–water partition coefficient (Wildman–Crippen LogP) is 7.22. The lowest BCUT2D eigenvalue weighted by molar-refractivity contribution is -0.550. The molecule has 0 heterocycles. The summed E-state index contributed by atoms with van der Waals surface area (Å²) in [5.41, 5.74) is 0. The van der Waals surface area contributed by atoms with Crippen LogP contribution in [-0.2, 0) is 0 Å². The Kier molecular flexibility index (Phi) is 2.52. The van der Waals surface area contributed by atoms with Crippen molar-refractivity contribution in [3.63, 3.8) is 0 Å². The zero-order chi connectivity index (χ0) is 29.4. The van der Waals surface area contributed by atoms with E-state index in [2.05, 4.69) is 0 Å². The number of hydrogen-bond donors (Lipinski definition) is 0. The molecule has 0 aromatic rings. The quantitative estimate of drug-likeness (QED) is 0.242. The molecule has 24 fully saturated rings. The highest BCUT2D eigenvalue weighted by Crippen LogP contribution is 3.03. The summed E-state index contributed by atoms with van der Waals surface area (Å²) in [4.78, 5) is 0. The molecule has 44 atom stereocenters. The van der Waals surface area contributed by atoms with Crippen molar-refractivity contribution < 1.29 is 0 Å². The average molecular weight is 655 g/mol. The first-order valence-corrected chi connectivity index (χ1v) is 25.0. The van der Waals surface area contributed by atoms with Crippen molar-refractivity contribution in [3.8, 4) is 0 Å². The topological polar surface area (TPSA) is 0 Å². The summed E-state index contributed by atoms with van der Waals surface area (Å²) in [7, 11) is 0. The highest BCUT2D eigenvalue weighted by Gasteiger charge is 2.99. The van der Waals surface area contributed by atoms with Gasteiger partial charge in [0.05, 0.1) is 0 Å². The number of rotatable bonds is 0. The van der Waals surface area contributed by atoms with Gasteiger partial charge >= 0.3 is 0 Å². The summed E-state index contributed by atoms with van der Waals surface area (Å²) >= 11 is 0. The SMILES string of the molecule is C1CC2C1C1C2C2C1C1C2C2C1C1C2C2C1C1C2C2C1C1C2C2C1C1C3C4C5C6C7C8C9C%10C%11C%12C%13CCC%13C%12C%11C%10C9C8C7C6C5C4C3C21. The van der Waals surface area contributed by atoms with Gasteiger partial charge in [-0.2, -0.15) is 0 Å². The van der Waals surface area contributed by atoms with Gasteiger partial charge in [-0.05, 0) is 298 Å². The Bertz CT molecular complexity index is 1750. The summed E-state index contributed by atoms with van der Waals surface area (Å²) in [6.45, 7) is 0. The average Bonchev–Trinajstić information content (AvgIpc) is 3.02. The van der Waals surface area contributed by atoms with Gasteiger partial charge in [-0.3, -0.25) is 0 Å². The molecule has 0 aromatic carbocycles. The van der Waals surface area contributed by atoms with E-state index in [0.717, 1.165) is 0 Å². The first-order valence-electron chi connectivity index (χ1n) is 25.0. The Morgan fingerprint density at radius 1 is 0.100 bits per heavy atom. The van der Waals surface area contributed by atoms with Crippen LogP contribution in [0.3, 0.4) is 0 Å². The molecule has 0 saturated heterocycles. The summed E-state index contributed by atoms with van der Waals surface area (Å²) in [6.07, 6.45) is 6.64. The Balaban J connectivity index is 0.508. The fourth-order valence-electron chi connectivity index (χ4n) is 32.4. The first kappa shape index (κ1) is 22.5. The highest BCUT2D eigenvalue weighted by molar-refractivity contribution is 5.46. The minimum Gasteiger partial charge on any atom is -0.0496 e. The molecule has 0 aliphatic heterocycles. The monoisotopic (exact) mass is 654 g/mol. The van der Waals surface area contributed by atoms with E-state index in [0.29, 0.717) is 0 Å². The Hall–Kier alpha value is 0. The first-order chi connectivity index (χ1) is 25.0. The maximum Gasteiger partial charge on any atom is -0.0312 e. The largest absolute Gasteiger partial charge is 0.0496 e. The molecule has 24 rings (SSSR count). The third-order valence-electron chi connectivity index (χ3n) is 31.9. The smallest absolute Gasteiger partial charge is 0.0312 e. The number of fused-ring (bicyclic) bond motifs is 67. The molecule has 0 aromatic heterocycles. The van der Waals surface area contributed by atoms with Crippen LogP contribution in [0.25, 0.3) is 0 Å². The second-order valence-corrected chi connectivity index (χ2v) is 28.1. The standard InChI is InChI=1S/C50H54/c1-2-6-5(1)9-10(6)14-13(9)17-18(14)22-21(17)25-26(22)30-29(25)33-34(30)38-37(33)41-42(38)46-45(41)49-47-43-39-35-31-27-23-19-15-11-7-3-4-8(7)12(11)16(15)20(19)24(23)28(27)32(31)36(35)40(39)44(43)48(47)50(46)49/h5-50H,1-4H2. The molecule has 0 amide bonds. The van der Waals surface area contributed by atoms with Gasteiger partial charge in [0, 0.05) is 0 Å². The van der Waals surface area contributed by atoms with Crippen LogP contribution in [0.5, 0.6) is 0 Å². The molecule has 254 valence electrons. The molecule has 0 heteroatoms. The Morgan fingerprint density at radius 2 is 0.180 bits per heavy atom. The summed E-state index contributed by atoms with van der Waals surface area (Å²) in [6, 6.07) is 0. The zero-order valence-corrected chi connectivity index (χ0v) is 29.4. The van der Waals surface area contributed by atoms with E-state index in [-0.39, 0.29) is 0 Å². The maximum atomic E-state index is 1.66. The van der Waals surface area contributed by atoms with Gasteiger partial charge in [0.15, 0.2) is 0 Å². The molecule has 0 nitrogen and oxygen atoms in total. The van der Waals surface area contributed by atoms with Crippen molar-refractivity contribution >= 4 is 0 Å². The molecular formula is C50H54. The van der Waals surface area contributed by atoms with E-state index < -0.39 is 0 Å². The molecule has 50 heavy (non-hydrogen) atoms. The van der Waals surface area contributed by atoms with Crippen LogP contribution in [-0.4, -0.2) is 0 Å². The van der Waals surface area contributed by atoms with Crippen LogP contribution >= 0.6 is 0 Å². The second kappa shape index (κ2) is 5.60. The van der Waals surface area contributed by atoms with Crippen molar-refractivity contribution in [2.75, 3.05) is 0 Å². The highest BCUT2D eigenvalue weighted by atomic mass is 15.0. The fourth-order valence-corrected chi connectivity index (χ4v) is 32.4. The van der Waals surface area contributed by atoms with Crippen LogP contribution < -0.4 is 0 Å². The van der Waals surface area contributed by atoms with Crippen molar-refractivity contribution in [1.29, 1.82) is 0 Å². The van der Waals surface area contributed by atoms with Gasteiger partial charge in [0.25, 0.3) is 0 Å². The van der Waals surface area contributed by atoms with Gasteiger partial charge in [-0.25, -0.2) is 0 Å². The van der Waals surface area contributed by atoms with Gasteiger partial charge in [0.1, 0.15) is 0 Å². The van der Waals surface area contributed by atoms with Gasteiger partial charge in [-0.1, -0.05) is 0 Å². The van der Waals surface area contributed by atoms with Crippen molar-refractivity contribution in [3.05, 3.63) is 0 Å². The summed E-state index contributed by atoms with van der Waals surface area (Å²) in [5, 5.41) is 0. The van der Waals surface area contributed by atoms with Crippen molar-refractivity contribution in [2.45, 2.75) is 25.7 Å². The molecule has 0 spiro atoms. The van der Waals surface area contributed by atoms with Gasteiger partial charge in [0.2, 0.25) is 0 Å². The van der Waals surface area contributed by atoms with E-state index in [9.17, 15) is 0 Å². The lowest BCUT2D eigenvalue weighted by atomic mass is 9.03. The van der Waals surface area contributed by atoms with E-state index >= 15 is 0 Å². The van der Waals surface area contributed by atoms with E-state index in [1.807, 2.05) is 0 Å². The molecule has 0 bridgehead atoms. The minimum absolute atomic E-state index is 1.27. The minimum atomic E-state index is 1.27. The molecule has 24 saturated carbocycles. The molecule has 44 unspecified atom stereocenters. The Labute approximate surface area is 296 Å². The van der Waals surface area contributed by atoms with Crippen molar-refractivity contribution in [2.24, 2.45) is 272 Å². The van der Waals surface area contributed by atoms with Crippen LogP contribution in [0.15, 0.2) is 0 Å². The van der Waals surface area contributed by atoms with Crippen LogP contribution in [0.4, 0.5) is 0 Å². The summed E-state index contributed by atoms with van der Waals surface area (Å²) in [5.74, 6) is 60.7. The van der Waals surface area contributed by atoms with Crippen LogP contribution in [0.2, 0.25) is 0 Å². The molecule has 24 aliphatic rings. The lowest BCUT2D eigenvalue weighted by Crippen LogP contribution is -2.98. The normalized spacial score (nSPS) is 101. The number of hydrogen-bond acceptors (Lipinski definition) is 0. The Morgan fingerprint density at radius 3 is 0.260 bits per heavy atom. The van der Waals surface area contributed by atoms with Crippen molar-refractivity contribution in [1.82, 2.24) is 0 Å².